The smallest absolute Gasteiger partial charge is 0.303 e. The molecular weight excluding hydrogens is 572 g/mol. The lowest BCUT2D eigenvalue weighted by Crippen LogP contribution is -2.64. The van der Waals surface area contributed by atoms with Crippen molar-refractivity contribution in [2.24, 2.45) is 5.92 Å². The lowest BCUT2D eigenvalue weighted by molar-refractivity contribution is -0.347. The maximum Gasteiger partial charge on any atom is 0.303 e. The highest BCUT2D eigenvalue weighted by molar-refractivity contribution is 5.68. The van der Waals surface area contributed by atoms with Gasteiger partial charge in [-0.15, -0.1) is 0 Å². The number of hydrogen-bond acceptors (Lipinski definition) is 14. The quantitative estimate of drug-likeness (QED) is 0.261. The molecule has 3 fully saturated rings. The molecule has 10 atom stereocenters. The van der Waals surface area contributed by atoms with Crippen molar-refractivity contribution < 1.29 is 66.6 Å². The Morgan fingerprint density at radius 1 is 0.674 bits per heavy atom. The predicted octanol–water partition coefficient (Wildman–Crippen LogP) is 1.35. The zero-order chi connectivity index (χ0) is 31.3. The second kappa shape index (κ2) is 14.3. The van der Waals surface area contributed by atoms with Crippen LogP contribution in [-0.2, 0) is 73.2 Å². The Bertz CT molecular complexity index is 1170. The van der Waals surface area contributed by atoms with Crippen LogP contribution in [0.25, 0.3) is 0 Å². The summed E-state index contributed by atoms with van der Waals surface area (Å²) in [5.41, 5.74) is 0.780. The maximum absolute atomic E-state index is 12.3. The predicted molar refractivity (Wildman–Crippen MR) is 140 cm³/mol. The van der Waals surface area contributed by atoms with E-state index in [4.69, 9.17) is 42.6 Å². The van der Waals surface area contributed by atoms with Gasteiger partial charge in [-0.3, -0.25) is 24.0 Å². The summed E-state index contributed by atoms with van der Waals surface area (Å²) in [6.07, 6.45) is -9.68. The van der Waals surface area contributed by atoms with Gasteiger partial charge in [0.2, 0.25) is 0 Å². The van der Waals surface area contributed by atoms with Crippen molar-refractivity contribution in [1.29, 1.82) is 0 Å². The standard InChI is InChI=1S/C29H36O14/c1-14(30)35-13-22-24(43-29-26(39-17(4)33)23(37-15(2)31)20-11-21(20)41-29)25(38-16(3)32)27(40-18(5)34)28(42-22)36-12-19-9-7-6-8-10-19/h6-10,20-29H,11-13H2,1-5H3/t20-,21+,22+,23-,24+,25-,26+,27+,28+,29-/m0/s1. The Labute approximate surface area is 248 Å². The minimum atomic E-state index is -1.36. The zero-order valence-corrected chi connectivity index (χ0v) is 24.5. The van der Waals surface area contributed by atoms with E-state index in [0.717, 1.165) is 19.4 Å². The third-order valence-corrected chi connectivity index (χ3v) is 6.90. The highest BCUT2D eigenvalue weighted by Crippen LogP contribution is 2.47. The molecule has 0 radical (unpaired) electrons. The van der Waals surface area contributed by atoms with E-state index in [-0.39, 0.29) is 25.2 Å². The zero-order valence-electron chi connectivity index (χ0n) is 24.5. The Balaban J connectivity index is 1.67. The first kappa shape index (κ1) is 32.3. The highest BCUT2D eigenvalue weighted by Gasteiger charge is 2.61. The van der Waals surface area contributed by atoms with E-state index in [1.165, 1.54) is 20.8 Å². The molecule has 0 unspecified atom stereocenters. The van der Waals surface area contributed by atoms with Gasteiger partial charge in [-0.05, 0) is 12.0 Å². The Kier molecular flexibility index (Phi) is 10.7. The van der Waals surface area contributed by atoms with Crippen LogP contribution in [0.5, 0.6) is 0 Å². The first-order chi connectivity index (χ1) is 20.4. The van der Waals surface area contributed by atoms with Crippen LogP contribution < -0.4 is 0 Å². The Hall–Kier alpha value is -3.59. The van der Waals surface area contributed by atoms with Crippen LogP contribution in [0, 0.1) is 5.92 Å². The Morgan fingerprint density at radius 3 is 1.81 bits per heavy atom. The average Bonchev–Trinajstić information content (AvgIpc) is 3.70. The molecule has 1 aliphatic carbocycles. The largest absolute Gasteiger partial charge is 0.463 e. The van der Waals surface area contributed by atoms with Crippen LogP contribution >= 0.6 is 0 Å². The van der Waals surface area contributed by atoms with Gasteiger partial charge in [0.1, 0.15) is 24.9 Å². The molecule has 1 saturated carbocycles. The molecule has 1 aromatic rings. The minimum absolute atomic E-state index is 0.0370. The van der Waals surface area contributed by atoms with E-state index < -0.39 is 79.1 Å². The van der Waals surface area contributed by atoms with E-state index >= 15 is 0 Å². The number of rotatable bonds is 11. The van der Waals surface area contributed by atoms with Crippen LogP contribution in [0.2, 0.25) is 0 Å². The normalized spacial score (nSPS) is 32.9. The second-order valence-electron chi connectivity index (χ2n) is 10.5. The first-order valence-electron chi connectivity index (χ1n) is 13.9. The molecule has 1 aromatic carbocycles. The molecule has 0 amide bonds. The molecule has 14 nitrogen and oxygen atoms in total. The van der Waals surface area contributed by atoms with E-state index in [9.17, 15) is 24.0 Å². The van der Waals surface area contributed by atoms with Gasteiger partial charge in [-0.25, -0.2) is 0 Å². The van der Waals surface area contributed by atoms with Gasteiger partial charge in [-0.1, -0.05) is 30.3 Å². The van der Waals surface area contributed by atoms with Crippen LogP contribution in [0.3, 0.4) is 0 Å². The van der Waals surface area contributed by atoms with Gasteiger partial charge in [0, 0.05) is 40.5 Å². The maximum atomic E-state index is 12.3. The number of benzene rings is 1. The fourth-order valence-electron chi connectivity index (χ4n) is 5.17. The molecule has 0 bridgehead atoms. The molecule has 0 spiro atoms. The van der Waals surface area contributed by atoms with Crippen molar-refractivity contribution in [3.8, 4) is 0 Å². The van der Waals surface area contributed by atoms with E-state index in [1.54, 1.807) is 0 Å². The van der Waals surface area contributed by atoms with Gasteiger partial charge in [-0.2, -0.15) is 0 Å². The summed E-state index contributed by atoms with van der Waals surface area (Å²) in [6, 6.07) is 9.10. The number of carbonyl (C=O) groups is 5. The third-order valence-electron chi connectivity index (χ3n) is 6.90. The molecule has 0 aromatic heterocycles. The van der Waals surface area contributed by atoms with Crippen LogP contribution in [-0.4, -0.2) is 91.8 Å². The summed E-state index contributed by atoms with van der Waals surface area (Å²) in [7, 11) is 0. The van der Waals surface area contributed by atoms with Crippen LogP contribution in [0.4, 0.5) is 0 Å². The van der Waals surface area contributed by atoms with Gasteiger partial charge >= 0.3 is 29.8 Å². The fraction of sp³-hybridized carbons (Fsp3) is 0.621. The monoisotopic (exact) mass is 608 g/mol. The van der Waals surface area contributed by atoms with Crippen molar-refractivity contribution in [1.82, 2.24) is 0 Å². The van der Waals surface area contributed by atoms with E-state index in [0.29, 0.717) is 6.42 Å². The van der Waals surface area contributed by atoms with E-state index in [1.807, 2.05) is 30.3 Å². The van der Waals surface area contributed by atoms with Crippen LogP contribution in [0.15, 0.2) is 30.3 Å². The molecule has 14 heteroatoms. The van der Waals surface area contributed by atoms with Crippen molar-refractivity contribution in [2.45, 2.75) is 103 Å². The number of hydrogen-bond donors (Lipinski definition) is 0. The number of esters is 5. The molecule has 2 saturated heterocycles. The number of carbonyl (C=O) groups excluding carboxylic acids is 5. The van der Waals surface area contributed by atoms with Crippen molar-refractivity contribution in [3.63, 3.8) is 0 Å². The van der Waals surface area contributed by atoms with Gasteiger partial charge in [0.05, 0.1) is 12.7 Å². The van der Waals surface area contributed by atoms with Crippen molar-refractivity contribution in [3.05, 3.63) is 35.9 Å². The van der Waals surface area contributed by atoms with Gasteiger partial charge < -0.3 is 42.6 Å². The SMILES string of the molecule is CC(=O)OC[C@H]1O[C@@H](OCc2ccccc2)[C@H](OC(C)=O)[C@@H](OC(C)=O)[C@@H]1O[C@@H]1O[C@@H]2C[C@@H]2[C@H](OC(C)=O)[C@H]1OC(C)=O. The molecule has 4 rings (SSSR count). The van der Waals surface area contributed by atoms with E-state index in [2.05, 4.69) is 0 Å². The lowest BCUT2D eigenvalue weighted by atomic mass is 9.97. The average molecular weight is 609 g/mol. The lowest BCUT2D eigenvalue weighted by Gasteiger charge is -2.46. The molecule has 2 heterocycles. The summed E-state index contributed by atoms with van der Waals surface area (Å²) < 4.78 is 51.9. The van der Waals surface area contributed by atoms with Gasteiger partial charge in [0.15, 0.2) is 30.9 Å². The topological polar surface area (TPSA) is 168 Å². The van der Waals surface area contributed by atoms with Gasteiger partial charge in [0.25, 0.3) is 0 Å². The molecule has 2 aliphatic heterocycles. The number of ether oxygens (including phenoxy) is 9. The summed E-state index contributed by atoms with van der Waals surface area (Å²) >= 11 is 0. The molecule has 0 N–H and O–H groups in total. The fourth-order valence-corrected chi connectivity index (χ4v) is 5.17. The summed E-state index contributed by atoms with van der Waals surface area (Å²) in [5, 5.41) is 0. The third kappa shape index (κ3) is 8.72. The summed E-state index contributed by atoms with van der Waals surface area (Å²) in [5.74, 6) is -3.59. The Morgan fingerprint density at radius 2 is 1.23 bits per heavy atom. The molecular formula is C29H36O14. The van der Waals surface area contributed by atoms with Crippen LogP contribution in [0.1, 0.15) is 46.6 Å². The highest BCUT2D eigenvalue weighted by atomic mass is 16.8. The second-order valence-corrected chi connectivity index (χ2v) is 10.5. The summed E-state index contributed by atoms with van der Waals surface area (Å²) in [6.45, 7) is 5.59. The summed E-state index contributed by atoms with van der Waals surface area (Å²) in [4.78, 5) is 60.3. The van der Waals surface area contributed by atoms with Crippen molar-refractivity contribution in [2.75, 3.05) is 6.61 Å². The molecule has 3 aliphatic rings. The molecule has 43 heavy (non-hydrogen) atoms. The minimum Gasteiger partial charge on any atom is -0.463 e. The number of fused-ring (bicyclic) bond motifs is 1. The first-order valence-corrected chi connectivity index (χ1v) is 13.9. The molecule has 236 valence electrons. The van der Waals surface area contributed by atoms with Crippen molar-refractivity contribution >= 4 is 29.8 Å².